The van der Waals surface area contributed by atoms with Crippen molar-refractivity contribution in [3.05, 3.63) is 45.2 Å². The van der Waals surface area contributed by atoms with Gasteiger partial charge in [-0.25, -0.2) is 4.79 Å². The van der Waals surface area contributed by atoms with E-state index < -0.39 is 17.6 Å². The quantitative estimate of drug-likeness (QED) is 0.773. The summed E-state index contributed by atoms with van der Waals surface area (Å²) in [5.41, 5.74) is 1.53. The molecule has 0 aliphatic carbocycles. The minimum absolute atomic E-state index is 0.217. The van der Waals surface area contributed by atoms with Crippen LogP contribution in [0.5, 0.6) is 0 Å². The summed E-state index contributed by atoms with van der Waals surface area (Å²) in [5, 5.41) is 10.5. The average molecular weight is 411 g/mol. The van der Waals surface area contributed by atoms with E-state index in [0.29, 0.717) is 34.3 Å². The van der Waals surface area contributed by atoms with E-state index in [1.165, 1.54) is 0 Å². The van der Waals surface area contributed by atoms with Gasteiger partial charge in [0, 0.05) is 29.2 Å². The number of anilines is 1. The van der Waals surface area contributed by atoms with Crippen molar-refractivity contribution in [2.45, 2.75) is 39.3 Å². The lowest BCUT2D eigenvalue weighted by Gasteiger charge is -2.30. The van der Waals surface area contributed by atoms with Gasteiger partial charge in [0.15, 0.2) is 5.69 Å². The highest BCUT2D eigenvalue weighted by Gasteiger charge is 2.30. The van der Waals surface area contributed by atoms with Crippen LogP contribution in [0.4, 0.5) is 10.5 Å². The van der Waals surface area contributed by atoms with Crippen LogP contribution >= 0.6 is 23.2 Å². The SMILES string of the molecule is CC(C)(C)OC(=O)N1CCc2[nH]nc(C(=O)Nc3cc(Cl)ccc3Cl)c2C1. The minimum Gasteiger partial charge on any atom is -0.444 e. The molecular formula is C18H20Cl2N4O3. The molecule has 0 fully saturated rings. The number of carbonyl (C=O) groups is 2. The smallest absolute Gasteiger partial charge is 0.410 e. The van der Waals surface area contributed by atoms with Gasteiger partial charge < -0.3 is 15.0 Å². The third-order valence-corrected chi connectivity index (χ3v) is 4.54. The minimum atomic E-state index is -0.586. The number of hydrogen-bond acceptors (Lipinski definition) is 4. The Kier molecular flexibility index (Phi) is 5.35. The molecule has 2 N–H and O–H groups in total. The van der Waals surface area contributed by atoms with Crippen LogP contribution in [-0.2, 0) is 17.7 Å². The molecule has 1 aliphatic rings. The molecule has 1 aromatic heterocycles. The van der Waals surface area contributed by atoms with Crippen LogP contribution in [0.1, 0.15) is 42.5 Å². The Labute approximate surface area is 167 Å². The topological polar surface area (TPSA) is 87.3 Å². The summed E-state index contributed by atoms with van der Waals surface area (Å²) in [6.45, 7) is 6.17. The summed E-state index contributed by atoms with van der Waals surface area (Å²) in [4.78, 5) is 26.6. The zero-order valence-corrected chi connectivity index (χ0v) is 16.7. The molecule has 0 saturated heterocycles. The van der Waals surface area contributed by atoms with Gasteiger partial charge in [0.05, 0.1) is 17.3 Å². The van der Waals surface area contributed by atoms with E-state index in [1.807, 2.05) is 20.8 Å². The Balaban J connectivity index is 1.78. The molecule has 27 heavy (non-hydrogen) atoms. The number of H-pyrrole nitrogens is 1. The molecule has 0 saturated carbocycles. The number of nitrogens with zero attached hydrogens (tertiary/aromatic N) is 2. The second kappa shape index (κ2) is 7.40. The Morgan fingerprint density at radius 1 is 1.30 bits per heavy atom. The van der Waals surface area contributed by atoms with E-state index >= 15 is 0 Å². The van der Waals surface area contributed by atoms with Crippen LogP contribution in [0.15, 0.2) is 18.2 Å². The van der Waals surface area contributed by atoms with Crippen LogP contribution in [0.2, 0.25) is 10.0 Å². The maximum atomic E-state index is 12.7. The normalized spacial score (nSPS) is 13.9. The number of aromatic amines is 1. The van der Waals surface area contributed by atoms with Crippen LogP contribution in [0.3, 0.4) is 0 Å². The van der Waals surface area contributed by atoms with Crippen molar-refractivity contribution in [2.24, 2.45) is 0 Å². The Morgan fingerprint density at radius 3 is 2.74 bits per heavy atom. The van der Waals surface area contributed by atoms with Crippen LogP contribution < -0.4 is 5.32 Å². The highest BCUT2D eigenvalue weighted by molar-refractivity contribution is 6.35. The number of benzene rings is 1. The van der Waals surface area contributed by atoms with Crippen LogP contribution in [0.25, 0.3) is 0 Å². The molecule has 7 nitrogen and oxygen atoms in total. The molecular weight excluding hydrogens is 391 g/mol. The molecule has 9 heteroatoms. The Hall–Kier alpha value is -2.25. The van der Waals surface area contributed by atoms with E-state index in [9.17, 15) is 9.59 Å². The second-order valence-corrected chi connectivity index (χ2v) is 8.10. The maximum Gasteiger partial charge on any atom is 0.410 e. The zero-order valence-electron chi connectivity index (χ0n) is 15.2. The molecule has 0 radical (unpaired) electrons. The van der Waals surface area contributed by atoms with Crippen molar-refractivity contribution in [1.82, 2.24) is 15.1 Å². The molecule has 0 spiro atoms. The molecule has 144 valence electrons. The number of amides is 2. The third kappa shape index (κ3) is 4.54. The number of hydrogen-bond donors (Lipinski definition) is 2. The maximum absolute atomic E-state index is 12.7. The highest BCUT2D eigenvalue weighted by atomic mass is 35.5. The fraction of sp³-hybridized carbons (Fsp3) is 0.389. The number of rotatable bonds is 2. The predicted molar refractivity (Wildman–Crippen MR) is 103 cm³/mol. The van der Waals surface area contributed by atoms with Crippen LogP contribution in [0, 0.1) is 0 Å². The lowest BCUT2D eigenvalue weighted by molar-refractivity contribution is 0.0222. The summed E-state index contributed by atoms with van der Waals surface area (Å²) < 4.78 is 5.42. The first kappa shape index (κ1) is 19.5. The number of fused-ring (bicyclic) bond motifs is 1. The summed E-state index contributed by atoms with van der Waals surface area (Å²) in [7, 11) is 0. The van der Waals surface area contributed by atoms with Gasteiger partial charge in [0.25, 0.3) is 5.91 Å². The number of aromatic nitrogens is 2. The number of nitrogens with one attached hydrogen (secondary N) is 2. The van der Waals surface area contributed by atoms with E-state index in [2.05, 4.69) is 15.5 Å². The van der Waals surface area contributed by atoms with Gasteiger partial charge in [0.1, 0.15) is 5.60 Å². The van der Waals surface area contributed by atoms with Gasteiger partial charge >= 0.3 is 6.09 Å². The Bertz CT molecular complexity index is 889. The van der Waals surface area contributed by atoms with Crippen molar-refractivity contribution >= 4 is 40.9 Å². The van der Waals surface area contributed by atoms with Gasteiger partial charge in [-0.1, -0.05) is 23.2 Å². The van der Waals surface area contributed by atoms with Crippen LogP contribution in [-0.4, -0.2) is 39.2 Å². The molecule has 3 rings (SSSR count). The lowest BCUT2D eigenvalue weighted by atomic mass is 10.1. The first-order chi connectivity index (χ1) is 12.6. The van der Waals surface area contributed by atoms with Gasteiger partial charge in [-0.15, -0.1) is 0 Å². The van der Waals surface area contributed by atoms with E-state index in [-0.39, 0.29) is 12.2 Å². The highest BCUT2D eigenvalue weighted by Crippen LogP contribution is 2.27. The lowest BCUT2D eigenvalue weighted by Crippen LogP contribution is -2.40. The predicted octanol–water partition coefficient (Wildman–Crippen LogP) is 4.26. The van der Waals surface area contributed by atoms with Gasteiger partial charge in [-0.2, -0.15) is 5.10 Å². The standard InChI is InChI=1S/C18H20Cl2N4O3/c1-18(2,3)27-17(26)24-7-6-13-11(9-24)15(23-22-13)16(25)21-14-8-10(19)4-5-12(14)20/h4-5,8H,6-7,9H2,1-3H3,(H,21,25)(H,22,23). The number of carbonyl (C=O) groups excluding carboxylic acids is 2. The number of ether oxygens (including phenoxy) is 1. The second-order valence-electron chi connectivity index (χ2n) is 7.26. The molecule has 0 atom stereocenters. The van der Waals surface area contributed by atoms with Gasteiger partial charge in [0.2, 0.25) is 0 Å². The number of halogens is 2. The van der Waals surface area contributed by atoms with E-state index in [4.69, 9.17) is 27.9 Å². The monoisotopic (exact) mass is 410 g/mol. The van der Waals surface area contributed by atoms with Crippen molar-refractivity contribution in [1.29, 1.82) is 0 Å². The summed E-state index contributed by atoms with van der Waals surface area (Å²) in [6.07, 6.45) is 0.144. The van der Waals surface area contributed by atoms with Crippen molar-refractivity contribution in [3.63, 3.8) is 0 Å². The van der Waals surface area contributed by atoms with Crippen molar-refractivity contribution < 1.29 is 14.3 Å². The van der Waals surface area contributed by atoms with Crippen molar-refractivity contribution in [3.8, 4) is 0 Å². The molecule has 0 bridgehead atoms. The fourth-order valence-corrected chi connectivity index (χ4v) is 3.08. The fourth-order valence-electron chi connectivity index (χ4n) is 2.74. The molecule has 2 aromatic rings. The molecule has 1 aliphatic heterocycles. The molecule has 1 aromatic carbocycles. The summed E-state index contributed by atoms with van der Waals surface area (Å²) in [6, 6.07) is 4.80. The van der Waals surface area contributed by atoms with E-state index in [1.54, 1.807) is 23.1 Å². The first-order valence-electron chi connectivity index (χ1n) is 8.44. The zero-order chi connectivity index (χ0) is 19.8. The molecule has 2 heterocycles. The molecule has 2 amide bonds. The van der Waals surface area contributed by atoms with Crippen molar-refractivity contribution in [2.75, 3.05) is 11.9 Å². The average Bonchev–Trinajstić information content (AvgIpc) is 2.99. The van der Waals surface area contributed by atoms with Gasteiger partial charge in [-0.3, -0.25) is 9.89 Å². The van der Waals surface area contributed by atoms with Gasteiger partial charge in [-0.05, 0) is 39.0 Å². The van der Waals surface area contributed by atoms with E-state index in [0.717, 1.165) is 5.69 Å². The first-order valence-corrected chi connectivity index (χ1v) is 9.20. The summed E-state index contributed by atoms with van der Waals surface area (Å²) >= 11 is 12.1. The largest absolute Gasteiger partial charge is 0.444 e. The molecule has 0 unspecified atom stereocenters. The summed E-state index contributed by atoms with van der Waals surface area (Å²) in [5.74, 6) is -0.428. The third-order valence-electron chi connectivity index (χ3n) is 3.98. The Morgan fingerprint density at radius 2 is 2.04 bits per heavy atom.